The monoisotopic (exact) mass is 305 g/mol. The Hall–Kier alpha value is -2.34. The summed E-state index contributed by atoms with van der Waals surface area (Å²) in [6, 6.07) is 8.72. The largest absolute Gasteiger partial charge is 0.494 e. The average molecular weight is 305 g/mol. The molecule has 0 aliphatic heterocycles. The number of carbonyl (C=O) groups excluding carboxylic acids is 1. The predicted octanol–water partition coefficient (Wildman–Crippen LogP) is 3.03. The van der Waals surface area contributed by atoms with E-state index >= 15 is 0 Å². The van der Waals surface area contributed by atoms with E-state index < -0.39 is 5.97 Å². The van der Waals surface area contributed by atoms with E-state index in [-0.39, 0.29) is 17.9 Å². The number of carbonyl (C=O) groups is 2. The highest BCUT2D eigenvalue weighted by Gasteiger charge is 2.14. The van der Waals surface area contributed by atoms with Crippen LogP contribution in [0, 0.1) is 0 Å². The minimum absolute atomic E-state index is 0.111. The third kappa shape index (κ3) is 4.06. The van der Waals surface area contributed by atoms with E-state index in [2.05, 4.69) is 5.32 Å². The standard InChI is InChI=1S/C15H15NO4S/c1-2-20-11-5-3-10(4-6-11)9-13(17)16-14-12(15(18)19)7-8-21-14/h3-8H,2,9H2,1H3,(H,16,17)(H,18,19). The molecule has 2 N–H and O–H groups in total. The molecule has 0 spiro atoms. The lowest BCUT2D eigenvalue weighted by molar-refractivity contribution is -0.115. The van der Waals surface area contributed by atoms with Gasteiger partial charge in [0.15, 0.2) is 0 Å². The molecule has 2 rings (SSSR count). The van der Waals surface area contributed by atoms with Crippen LogP contribution in [0.2, 0.25) is 0 Å². The van der Waals surface area contributed by atoms with Crippen LogP contribution in [0.25, 0.3) is 0 Å². The van der Waals surface area contributed by atoms with Gasteiger partial charge in [-0.1, -0.05) is 12.1 Å². The summed E-state index contributed by atoms with van der Waals surface area (Å²) in [5.41, 5.74) is 0.949. The zero-order valence-electron chi connectivity index (χ0n) is 11.5. The second-order valence-electron chi connectivity index (χ2n) is 4.27. The van der Waals surface area contributed by atoms with Gasteiger partial charge in [-0.3, -0.25) is 4.79 Å². The van der Waals surface area contributed by atoms with Crippen LogP contribution in [0.1, 0.15) is 22.8 Å². The van der Waals surface area contributed by atoms with Crippen LogP contribution in [0.3, 0.4) is 0 Å². The Balaban J connectivity index is 1.98. The minimum atomic E-state index is -1.05. The molecule has 5 nitrogen and oxygen atoms in total. The number of hydrogen-bond donors (Lipinski definition) is 2. The fraction of sp³-hybridized carbons (Fsp3) is 0.200. The molecule has 0 aliphatic carbocycles. The molecule has 1 aromatic heterocycles. The number of ether oxygens (including phenoxy) is 1. The Bertz CT molecular complexity index is 633. The molecule has 2 aromatic rings. The first-order valence-electron chi connectivity index (χ1n) is 6.42. The van der Waals surface area contributed by atoms with E-state index in [1.165, 1.54) is 17.4 Å². The summed E-state index contributed by atoms with van der Waals surface area (Å²) in [7, 11) is 0. The Labute approximate surface area is 126 Å². The summed E-state index contributed by atoms with van der Waals surface area (Å²) in [4.78, 5) is 22.9. The van der Waals surface area contributed by atoms with Gasteiger partial charge in [0, 0.05) is 0 Å². The van der Waals surface area contributed by atoms with Gasteiger partial charge in [0.25, 0.3) is 0 Å². The molecule has 21 heavy (non-hydrogen) atoms. The maximum atomic E-state index is 11.9. The van der Waals surface area contributed by atoms with Crippen molar-refractivity contribution < 1.29 is 19.4 Å². The molecule has 0 unspecified atom stereocenters. The smallest absolute Gasteiger partial charge is 0.338 e. The second-order valence-corrected chi connectivity index (χ2v) is 5.19. The Kier molecular flexibility index (Phi) is 4.94. The molecule has 1 heterocycles. The van der Waals surface area contributed by atoms with Crippen molar-refractivity contribution in [3.63, 3.8) is 0 Å². The number of nitrogens with one attached hydrogen (secondary N) is 1. The van der Waals surface area contributed by atoms with Crippen LogP contribution in [0.5, 0.6) is 5.75 Å². The van der Waals surface area contributed by atoms with E-state index in [1.54, 1.807) is 17.5 Å². The van der Waals surface area contributed by atoms with Gasteiger partial charge in [0.2, 0.25) is 5.91 Å². The first-order valence-corrected chi connectivity index (χ1v) is 7.30. The second kappa shape index (κ2) is 6.90. The molecule has 0 atom stereocenters. The van der Waals surface area contributed by atoms with Crippen LogP contribution >= 0.6 is 11.3 Å². The molecule has 1 aromatic carbocycles. The first-order chi connectivity index (χ1) is 10.1. The summed E-state index contributed by atoms with van der Waals surface area (Å²) in [6.07, 6.45) is 0.184. The Morgan fingerprint density at radius 1 is 1.24 bits per heavy atom. The molecule has 6 heteroatoms. The SMILES string of the molecule is CCOc1ccc(CC(=O)Nc2sccc2C(=O)O)cc1. The maximum absolute atomic E-state index is 11.9. The highest BCUT2D eigenvalue weighted by atomic mass is 32.1. The number of amides is 1. The highest BCUT2D eigenvalue weighted by Crippen LogP contribution is 2.23. The summed E-state index contributed by atoms with van der Waals surface area (Å²) in [5, 5.41) is 13.6. The third-order valence-electron chi connectivity index (χ3n) is 2.75. The van der Waals surface area contributed by atoms with E-state index in [0.29, 0.717) is 11.6 Å². The molecule has 0 saturated carbocycles. The van der Waals surface area contributed by atoms with Gasteiger partial charge < -0.3 is 15.2 Å². The number of carboxylic acid groups (broad SMARTS) is 1. The summed E-state index contributed by atoms with van der Waals surface area (Å²) >= 11 is 1.19. The number of aromatic carboxylic acids is 1. The fourth-order valence-electron chi connectivity index (χ4n) is 1.80. The van der Waals surface area contributed by atoms with Crippen molar-refractivity contribution >= 4 is 28.2 Å². The molecule has 1 amide bonds. The number of rotatable bonds is 6. The summed E-state index contributed by atoms with van der Waals surface area (Å²) < 4.78 is 5.33. The summed E-state index contributed by atoms with van der Waals surface area (Å²) in [6.45, 7) is 2.50. The van der Waals surface area contributed by atoms with Gasteiger partial charge in [-0.15, -0.1) is 11.3 Å². The average Bonchev–Trinajstić information content (AvgIpc) is 2.89. The lowest BCUT2D eigenvalue weighted by atomic mass is 10.1. The number of benzene rings is 1. The van der Waals surface area contributed by atoms with E-state index in [0.717, 1.165) is 11.3 Å². The van der Waals surface area contributed by atoms with Crippen LogP contribution in [-0.4, -0.2) is 23.6 Å². The molecular formula is C15H15NO4S. The quantitative estimate of drug-likeness (QED) is 0.860. The van der Waals surface area contributed by atoms with Crippen LogP contribution in [-0.2, 0) is 11.2 Å². The van der Waals surface area contributed by atoms with Gasteiger partial charge in [-0.25, -0.2) is 4.79 Å². The topological polar surface area (TPSA) is 75.6 Å². The number of anilines is 1. The van der Waals surface area contributed by atoms with Crippen LogP contribution < -0.4 is 10.1 Å². The van der Waals surface area contributed by atoms with Gasteiger partial charge in [-0.2, -0.15) is 0 Å². The van der Waals surface area contributed by atoms with Crippen LogP contribution in [0.15, 0.2) is 35.7 Å². The van der Waals surface area contributed by atoms with Crippen molar-refractivity contribution in [1.82, 2.24) is 0 Å². The summed E-state index contributed by atoms with van der Waals surface area (Å²) in [5.74, 6) is -0.537. The molecule has 110 valence electrons. The molecule has 0 bridgehead atoms. The molecular weight excluding hydrogens is 290 g/mol. The van der Waals surface area contributed by atoms with Crippen molar-refractivity contribution in [3.05, 3.63) is 46.8 Å². The van der Waals surface area contributed by atoms with Crippen molar-refractivity contribution in [2.45, 2.75) is 13.3 Å². The molecule has 0 radical (unpaired) electrons. The maximum Gasteiger partial charge on any atom is 0.338 e. The van der Waals surface area contributed by atoms with E-state index in [9.17, 15) is 9.59 Å². The van der Waals surface area contributed by atoms with Crippen molar-refractivity contribution in [1.29, 1.82) is 0 Å². The predicted molar refractivity (Wildman–Crippen MR) is 81.2 cm³/mol. The number of carboxylic acids is 1. The Morgan fingerprint density at radius 3 is 2.57 bits per heavy atom. The van der Waals surface area contributed by atoms with Crippen molar-refractivity contribution in [2.75, 3.05) is 11.9 Å². The van der Waals surface area contributed by atoms with E-state index in [4.69, 9.17) is 9.84 Å². The van der Waals surface area contributed by atoms with Gasteiger partial charge in [0.05, 0.1) is 18.6 Å². The van der Waals surface area contributed by atoms with Crippen molar-refractivity contribution in [3.8, 4) is 5.75 Å². The van der Waals surface area contributed by atoms with Crippen LogP contribution in [0.4, 0.5) is 5.00 Å². The zero-order valence-corrected chi connectivity index (χ0v) is 12.3. The lowest BCUT2D eigenvalue weighted by Gasteiger charge is -2.06. The number of hydrogen-bond acceptors (Lipinski definition) is 4. The van der Waals surface area contributed by atoms with E-state index in [1.807, 2.05) is 19.1 Å². The van der Waals surface area contributed by atoms with Gasteiger partial charge >= 0.3 is 5.97 Å². The minimum Gasteiger partial charge on any atom is -0.494 e. The lowest BCUT2D eigenvalue weighted by Crippen LogP contribution is -2.15. The fourth-order valence-corrected chi connectivity index (χ4v) is 2.60. The zero-order chi connectivity index (χ0) is 15.2. The molecule has 0 fully saturated rings. The number of thiophene rings is 1. The molecule has 0 saturated heterocycles. The Morgan fingerprint density at radius 2 is 1.95 bits per heavy atom. The third-order valence-corrected chi connectivity index (χ3v) is 3.58. The van der Waals surface area contributed by atoms with Gasteiger partial charge in [0.1, 0.15) is 10.8 Å². The normalized spacial score (nSPS) is 10.1. The van der Waals surface area contributed by atoms with Gasteiger partial charge in [-0.05, 0) is 36.1 Å². The highest BCUT2D eigenvalue weighted by molar-refractivity contribution is 7.14. The van der Waals surface area contributed by atoms with Crippen molar-refractivity contribution in [2.24, 2.45) is 0 Å². The molecule has 0 aliphatic rings. The first kappa shape index (κ1) is 15.1.